The minimum absolute atomic E-state index is 0. The Kier molecular flexibility index (Phi) is 22.1. The number of nitrogens with zero attached hydrogens (tertiary/aromatic N) is 4. The van der Waals surface area contributed by atoms with Crippen LogP contribution in [0.5, 0.6) is 0 Å². The normalized spacial score (nSPS) is 12.2. The van der Waals surface area contributed by atoms with Crippen molar-refractivity contribution in [2.45, 2.75) is 66.2 Å². The molecule has 0 radical (unpaired) electrons. The molecule has 0 rings (SSSR count). The Labute approximate surface area is 167 Å². The van der Waals surface area contributed by atoms with E-state index in [0.29, 0.717) is 5.84 Å². The number of hydrogen-bond donors (Lipinski definition) is 0. The summed E-state index contributed by atoms with van der Waals surface area (Å²) in [5, 5.41) is 6.82. The largest absolute Gasteiger partial charge is 1.00 e. The Balaban J connectivity index is -0.000000164. The molecule has 0 fully saturated rings. The average molecular weight is 471 g/mol. The molecule has 4 nitrogen and oxygen atoms in total. The van der Waals surface area contributed by atoms with E-state index in [4.69, 9.17) is 0 Å². The van der Waals surface area contributed by atoms with Crippen LogP contribution < -0.4 is 0 Å². The summed E-state index contributed by atoms with van der Waals surface area (Å²) in [5.74, 6) is 0.641. The monoisotopic (exact) mass is 470 g/mol. The minimum atomic E-state index is -4.23. The molecule has 158 valence electrons. The van der Waals surface area contributed by atoms with Crippen LogP contribution in [0, 0.1) is 0 Å². The van der Waals surface area contributed by atoms with E-state index in [1.54, 1.807) is 20.8 Å². The molecule has 0 aromatic heterocycles. The quantitative estimate of drug-likeness (QED) is 0.229. The Bertz CT molecular complexity index is 373. The van der Waals surface area contributed by atoms with Crippen molar-refractivity contribution in [1.29, 1.82) is 0 Å². The topological polar surface area (TPSA) is 52.9 Å². The van der Waals surface area contributed by atoms with Crippen LogP contribution in [0.2, 0.25) is 0 Å². The molecule has 0 bridgehead atoms. The van der Waals surface area contributed by atoms with Gasteiger partial charge in [-0.25, -0.2) is 8.78 Å². The van der Waals surface area contributed by atoms with Crippen LogP contribution in [-0.2, 0) is 34.1 Å². The van der Waals surface area contributed by atoms with E-state index in [2.05, 4.69) is 20.6 Å². The molecule has 0 amide bonds. The molecule has 0 aliphatic heterocycles. The first-order valence-electron chi connectivity index (χ1n) is 7.12. The number of amidine groups is 2. The first-order chi connectivity index (χ1) is 10.3. The molecule has 0 atom stereocenters. The van der Waals surface area contributed by atoms with E-state index >= 15 is 0 Å². The number of rotatable bonds is 5. The van der Waals surface area contributed by atoms with Crippen molar-refractivity contribution in [1.82, 2.24) is 0 Å². The van der Waals surface area contributed by atoms with Gasteiger partial charge in [-0.05, 0) is 25.9 Å². The molecule has 0 heterocycles. The summed E-state index contributed by atoms with van der Waals surface area (Å²) in [6.45, 7) is 8.83. The van der Waals surface area contributed by atoms with E-state index in [-0.39, 0.29) is 52.1 Å². The number of halogens is 5. The maximum atomic E-state index is 11.6. The van der Waals surface area contributed by atoms with Crippen molar-refractivity contribution in [3.05, 3.63) is 10.6 Å². The van der Waals surface area contributed by atoms with Crippen molar-refractivity contribution >= 4 is 11.7 Å². The van der Waals surface area contributed by atoms with Crippen LogP contribution >= 0.6 is 0 Å². The summed E-state index contributed by atoms with van der Waals surface area (Å²) in [6.07, 6.45) is -6.60. The van der Waals surface area contributed by atoms with Gasteiger partial charge in [-0.3, -0.25) is 0 Å². The third-order valence-electron chi connectivity index (χ3n) is 1.84. The average Bonchev–Trinajstić information content (AvgIpc) is 2.32. The molecule has 0 unspecified atom stereocenters. The maximum absolute atomic E-state index is 11.6. The molecule has 0 spiro atoms. The van der Waals surface area contributed by atoms with E-state index in [9.17, 15) is 22.0 Å². The predicted octanol–water partition coefficient (Wildman–Crippen LogP) is 5.20. The van der Waals surface area contributed by atoms with E-state index in [0.717, 1.165) is 0 Å². The second-order valence-electron chi connectivity index (χ2n) is 5.20. The summed E-state index contributed by atoms with van der Waals surface area (Å²) < 4.78 is 58.0. The summed E-state index contributed by atoms with van der Waals surface area (Å²) in [6, 6.07) is 0.110. The van der Waals surface area contributed by atoms with Crippen molar-refractivity contribution in [3.63, 3.8) is 0 Å². The van der Waals surface area contributed by atoms with E-state index < -0.39 is 25.7 Å². The molecule has 0 aliphatic carbocycles. The fourth-order valence-corrected chi connectivity index (χ4v) is 1.23. The van der Waals surface area contributed by atoms with Gasteiger partial charge in [0.2, 0.25) is 6.43 Å². The molecular weight excluding hydrogens is 446 g/mol. The van der Waals surface area contributed by atoms with Gasteiger partial charge in [0.25, 0.3) is 0 Å². The van der Waals surface area contributed by atoms with Crippen molar-refractivity contribution in [2.75, 3.05) is 13.1 Å². The summed E-state index contributed by atoms with van der Waals surface area (Å²) >= 11 is 0. The minimum Gasteiger partial charge on any atom is -0.467 e. The molecule has 0 aromatic carbocycles. The Hall–Kier alpha value is -0.371. The smallest absolute Gasteiger partial charge is 0.467 e. The third-order valence-corrected chi connectivity index (χ3v) is 1.84. The van der Waals surface area contributed by atoms with Gasteiger partial charge in [0.15, 0.2) is 0 Å². The SMILES string of the molecule is CC(=NC(C)C)[N-]CC(F)(F)F.CC(=NC(C)C)[N-]CC(F)F.[Cu+].[Cu+]. The van der Waals surface area contributed by atoms with Crippen LogP contribution in [0.1, 0.15) is 41.5 Å². The first-order valence-corrected chi connectivity index (χ1v) is 7.12. The molecule has 0 saturated carbocycles. The third kappa shape index (κ3) is 31.9. The summed E-state index contributed by atoms with van der Waals surface area (Å²) in [5.41, 5.74) is 0. The van der Waals surface area contributed by atoms with Crippen LogP contribution in [0.4, 0.5) is 22.0 Å². The van der Waals surface area contributed by atoms with Crippen molar-refractivity contribution < 1.29 is 56.1 Å². The van der Waals surface area contributed by atoms with E-state index in [1.165, 1.54) is 6.92 Å². The molecule has 11 heteroatoms. The predicted molar refractivity (Wildman–Crippen MR) is 85.0 cm³/mol. The zero-order valence-corrected chi connectivity index (χ0v) is 16.8. The summed E-state index contributed by atoms with van der Waals surface area (Å²) in [7, 11) is 0. The van der Waals surface area contributed by atoms with Gasteiger partial charge in [-0.15, -0.1) is 0 Å². The maximum Gasteiger partial charge on any atom is 1.00 e. The molecule has 0 saturated heterocycles. The molecule has 0 N–H and O–H groups in total. The Morgan fingerprint density at radius 3 is 1.48 bits per heavy atom. The van der Waals surface area contributed by atoms with Gasteiger partial charge in [0, 0.05) is 13.1 Å². The Morgan fingerprint density at radius 1 is 0.840 bits per heavy atom. The fourth-order valence-electron chi connectivity index (χ4n) is 1.23. The molecular formula is C14H25Cu2F5N4. The molecule has 0 aliphatic rings. The van der Waals surface area contributed by atoms with Gasteiger partial charge in [0.1, 0.15) is 0 Å². The van der Waals surface area contributed by atoms with Gasteiger partial charge < -0.3 is 20.6 Å². The van der Waals surface area contributed by atoms with Crippen LogP contribution in [-0.4, -0.2) is 49.4 Å². The first kappa shape index (κ1) is 32.3. The zero-order chi connectivity index (χ0) is 18.6. The number of hydrogen-bond acceptors (Lipinski definition) is 2. The summed E-state index contributed by atoms with van der Waals surface area (Å²) in [4.78, 5) is 7.80. The van der Waals surface area contributed by atoms with Gasteiger partial charge in [0.05, 0.1) is 0 Å². The number of aliphatic imine (C=N–C) groups is 2. The molecule has 0 aromatic rings. The van der Waals surface area contributed by atoms with Gasteiger partial charge >= 0.3 is 40.3 Å². The van der Waals surface area contributed by atoms with Crippen LogP contribution in [0.15, 0.2) is 9.98 Å². The fraction of sp³-hybridized carbons (Fsp3) is 0.857. The van der Waals surface area contributed by atoms with Gasteiger partial charge in [-0.1, -0.05) is 39.4 Å². The van der Waals surface area contributed by atoms with Gasteiger partial charge in [-0.2, -0.15) is 13.2 Å². The van der Waals surface area contributed by atoms with Crippen LogP contribution in [0.25, 0.3) is 10.6 Å². The van der Waals surface area contributed by atoms with Crippen molar-refractivity contribution in [3.8, 4) is 0 Å². The van der Waals surface area contributed by atoms with Crippen LogP contribution in [0.3, 0.4) is 0 Å². The number of alkyl halides is 5. The Morgan fingerprint density at radius 2 is 1.20 bits per heavy atom. The van der Waals surface area contributed by atoms with E-state index in [1.807, 2.05) is 13.8 Å². The second kappa shape index (κ2) is 17.1. The second-order valence-corrected chi connectivity index (χ2v) is 5.20. The van der Waals surface area contributed by atoms with Crippen molar-refractivity contribution in [2.24, 2.45) is 9.98 Å². The standard InChI is InChI=1S/C7H12F3N2.C7H13F2N2.2Cu/c1-5(2)12-6(3)11-4-7(8,9)10;1-5(2)11-6(3)10-4-7(8)9;;/h5H,4H2,1-3H3;5,7H,4H2,1-3H3;;/q2*-1;2*+1. The zero-order valence-electron chi connectivity index (χ0n) is 14.9. The molecule has 25 heavy (non-hydrogen) atoms.